The Morgan fingerprint density at radius 1 is 1.04 bits per heavy atom. The van der Waals surface area contributed by atoms with E-state index in [1.165, 1.54) is 31.5 Å². The molecule has 0 saturated carbocycles. The van der Waals surface area contributed by atoms with Gasteiger partial charge in [-0.2, -0.15) is 0 Å². The number of nitrogens with one attached hydrogen (secondary N) is 1. The molecule has 1 aliphatic rings. The highest BCUT2D eigenvalue weighted by atomic mass is 16.1. The second kappa shape index (κ2) is 8.08. The molecule has 1 saturated heterocycles. The van der Waals surface area contributed by atoms with Crippen molar-refractivity contribution < 1.29 is 4.79 Å². The smallest absolute Gasteiger partial charge is 0.255 e. The van der Waals surface area contributed by atoms with E-state index in [9.17, 15) is 4.79 Å². The molecule has 0 aromatic heterocycles. The minimum Gasteiger partial charge on any atom is -0.330 e. The Bertz CT molecular complexity index is 676. The maximum Gasteiger partial charge on any atom is 0.255 e. The third-order valence-corrected chi connectivity index (χ3v) is 4.44. The van der Waals surface area contributed by atoms with E-state index >= 15 is 0 Å². The fourth-order valence-electron chi connectivity index (χ4n) is 3.14. The van der Waals surface area contributed by atoms with Crippen LogP contribution in [-0.4, -0.2) is 30.4 Å². The van der Waals surface area contributed by atoms with Crippen LogP contribution < -0.4 is 11.1 Å². The fourth-order valence-corrected chi connectivity index (χ4v) is 3.14. The Hall–Kier alpha value is -2.17. The van der Waals surface area contributed by atoms with Gasteiger partial charge in [0.2, 0.25) is 0 Å². The van der Waals surface area contributed by atoms with E-state index in [1.54, 1.807) is 0 Å². The number of amides is 1. The van der Waals surface area contributed by atoms with Gasteiger partial charge in [0.25, 0.3) is 5.91 Å². The van der Waals surface area contributed by atoms with Crippen LogP contribution in [-0.2, 0) is 13.0 Å². The largest absolute Gasteiger partial charge is 0.330 e. The van der Waals surface area contributed by atoms with Crippen molar-refractivity contribution >= 4 is 11.6 Å². The summed E-state index contributed by atoms with van der Waals surface area (Å²) >= 11 is 0. The first-order valence-corrected chi connectivity index (χ1v) is 8.66. The van der Waals surface area contributed by atoms with Gasteiger partial charge >= 0.3 is 0 Å². The predicted molar refractivity (Wildman–Crippen MR) is 98.1 cm³/mol. The number of anilines is 1. The molecule has 1 amide bonds. The van der Waals surface area contributed by atoms with Gasteiger partial charge in [0.05, 0.1) is 0 Å². The molecule has 2 aromatic rings. The number of rotatable bonds is 6. The SMILES string of the molecule is NCCc1ccc(C(=O)Nc2cccc(CN3CCCC3)c2)cc1. The van der Waals surface area contributed by atoms with Gasteiger partial charge in [0.15, 0.2) is 0 Å². The monoisotopic (exact) mass is 323 g/mol. The number of nitrogens with two attached hydrogens (primary N) is 1. The molecule has 0 unspecified atom stereocenters. The summed E-state index contributed by atoms with van der Waals surface area (Å²) in [7, 11) is 0. The van der Waals surface area contributed by atoms with Crippen LogP contribution in [0.15, 0.2) is 48.5 Å². The molecule has 1 heterocycles. The quantitative estimate of drug-likeness (QED) is 0.859. The molecule has 0 radical (unpaired) electrons. The molecule has 4 nitrogen and oxygen atoms in total. The molecule has 3 rings (SSSR count). The van der Waals surface area contributed by atoms with Crippen molar-refractivity contribution in [1.82, 2.24) is 4.90 Å². The second-order valence-electron chi connectivity index (χ2n) is 6.37. The number of likely N-dealkylation sites (tertiary alicyclic amines) is 1. The van der Waals surface area contributed by atoms with Gasteiger partial charge in [-0.1, -0.05) is 24.3 Å². The van der Waals surface area contributed by atoms with Gasteiger partial charge in [-0.25, -0.2) is 0 Å². The fraction of sp³-hybridized carbons (Fsp3) is 0.350. The van der Waals surface area contributed by atoms with Crippen molar-refractivity contribution in [3.63, 3.8) is 0 Å². The molecule has 0 bridgehead atoms. The molecule has 4 heteroatoms. The van der Waals surface area contributed by atoms with Gasteiger partial charge in [0, 0.05) is 17.8 Å². The Labute approximate surface area is 143 Å². The maximum atomic E-state index is 12.4. The van der Waals surface area contributed by atoms with Gasteiger partial charge in [-0.15, -0.1) is 0 Å². The average molecular weight is 323 g/mol. The first-order chi connectivity index (χ1) is 11.7. The molecule has 1 fully saturated rings. The first-order valence-electron chi connectivity index (χ1n) is 8.66. The topological polar surface area (TPSA) is 58.4 Å². The Morgan fingerprint density at radius 2 is 1.79 bits per heavy atom. The lowest BCUT2D eigenvalue weighted by molar-refractivity contribution is 0.102. The van der Waals surface area contributed by atoms with E-state index < -0.39 is 0 Å². The van der Waals surface area contributed by atoms with Crippen molar-refractivity contribution in [3.8, 4) is 0 Å². The summed E-state index contributed by atoms with van der Waals surface area (Å²) in [5.74, 6) is -0.0763. The van der Waals surface area contributed by atoms with E-state index in [1.807, 2.05) is 36.4 Å². The third kappa shape index (κ3) is 4.43. The Balaban J connectivity index is 1.63. The van der Waals surface area contributed by atoms with E-state index in [0.29, 0.717) is 12.1 Å². The zero-order chi connectivity index (χ0) is 16.8. The summed E-state index contributed by atoms with van der Waals surface area (Å²) in [5.41, 5.74) is 9.47. The minimum absolute atomic E-state index is 0.0763. The number of carbonyl (C=O) groups is 1. The van der Waals surface area contributed by atoms with Gasteiger partial charge in [-0.05, 0) is 74.3 Å². The van der Waals surface area contributed by atoms with Crippen LogP contribution in [0.4, 0.5) is 5.69 Å². The lowest BCUT2D eigenvalue weighted by atomic mass is 10.1. The zero-order valence-corrected chi connectivity index (χ0v) is 14.0. The minimum atomic E-state index is -0.0763. The van der Waals surface area contributed by atoms with Crippen LogP contribution in [0.2, 0.25) is 0 Å². The third-order valence-electron chi connectivity index (χ3n) is 4.44. The molecule has 3 N–H and O–H groups in total. The van der Waals surface area contributed by atoms with Crippen molar-refractivity contribution in [2.24, 2.45) is 5.73 Å². The number of hydrogen-bond acceptors (Lipinski definition) is 3. The molecular weight excluding hydrogens is 298 g/mol. The zero-order valence-electron chi connectivity index (χ0n) is 14.0. The molecule has 126 valence electrons. The van der Waals surface area contributed by atoms with Crippen LogP contribution in [0.3, 0.4) is 0 Å². The predicted octanol–water partition coefficient (Wildman–Crippen LogP) is 3.04. The van der Waals surface area contributed by atoms with Gasteiger partial charge in [-0.3, -0.25) is 9.69 Å². The summed E-state index contributed by atoms with van der Waals surface area (Å²) < 4.78 is 0. The second-order valence-corrected chi connectivity index (χ2v) is 6.37. The van der Waals surface area contributed by atoms with Gasteiger partial charge < -0.3 is 11.1 Å². The molecule has 2 aromatic carbocycles. The summed E-state index contributed by atoms with van der Waals surface area (Å²) in [6, 6.07) is 15.8. The van der Waals surface area contributed by atoms with Crippen molar-refractivity contribution in [2.75, 3.05) is 25.0 Å². The molecular formula is C20H25N3O. The van der Waals surface area contributed by atoms with Crippen LogP contribution in [0.1, 0.15) is 34.3 Å². The highest BCUT2D eigenvalue weighted by Gasteiger charge is 2.12. The van der Waals surface area contributed by atoms with E-state index in [4.69, 9.17) is 5.73 Å². The molecule has 0 atom stereocenters. The highest BCUT2D eigenvalue weighted by Crippen LogP contribution is 2.17. The normalized spacial score (nSPS) is 14.7. The summed E-state index contributed by atoms with van der Waals surface area (Å²) in [6.45, 7) is 3.92. The van der Waals surface area contributed by atoms with E-state index in [0.717, 1.165) is 24.2 Å². The lowest BCUT2D eigenvalue weighted by Crippen LogP contribution is -2.18. The maximum absolute atomic E-state index is 12.4. The Kier molecular flexibility index (Phi) is 5.62. The molecule has 0 spiro atoms. The average Bonchev–Trinajstić information content (AvgIpc) is 3.09. The van der Waals surface area contributed by atoms with E-state index in [2.05, 4.69) is 22.3 Å². The standard InChI is InChI=1S/C20H25N3O/c21-11-10-16-6-8-18(9-7-16)20(24)22-19-5-3-4-17(14-19)15-23-12-1-2-13-23/h3-9,14H,1-2,10-13,15,21H2,(H,22,24). The number of benzene rings is 2. The Morgan fingerprint density at radius 3 is 2.50 bits per heavy atom. The van der Waals surface area contributed by atoms with E-state index in [-0.39, 0.29) is 5.91 Å². The first kappa shape index (κ1) is 16.7. The van der Waals surface area contributed by atoms with Crippen molar-refractivity contribution in [2.45, 2.75) is 25.8 Å². The van der Waals surface area contributed by atoms with Crippen LogP contribution >= 0.6 is 0 Å². The number of hydrogen-bond donors (Lipinski definition) is 2. The summed E-state index contributed by atoms with van der Waals surface area (Å²) in [6.07, 6.45) is 3.41. The van der Waals surface area contributed by atoms with Gasteiger partial charge in [0.1, 0.15) is 0 Å². The lowest BCUT2D eigenvalue weighted by Gasteiger charge is -2.15. The number of carbonyl (C=O) groups excluding carboxylic acids is 1. The summed E-state index contributed by atoms with van der Waals surface area (Å²) in [4.78, 5) is 14.8. The van der Waals surface area contributed by atoms with Crippen molar-refractivity contribution in [3.05, 3.63) is 65.2 Å². The summed E-state index contributed by atoms with van der Waals surface area (Å²) in [5, 5.41) is 2.99. The van der Waals surface area contributed by atoms with Crippen LogP contribution in [0, 0.1) is 0 Å². The highest BCUT2D eigenvalue weighted by molar-refractivity contribution is 6.04. The van der Waals surface area contributed by atoms with Crippen LogP contribution in [0.5, 0.6) is 0 Å². The van der Waals surface area contributed by atoms with Crippen LogP contribution in [0.25, 0.3) is 0 Å². The number of nitrogens with zero attached hydrogens (tertiary/aromatic N) is 1. The molecule has 1 aliphatic heterocycles. The molecule has 24 heavy (non-hydrogen) atoms. The molecule has 0 aliphatic carbocycles. The van der Waals surface area contributed by atoms with Crippen molar-refractivity contribution in [1.29, 1.82) is 0 Å².